The summed E-state index contributed by atoms with van der Waals surface area (Å²) in [6.07, 6.45) is 0. The van der Waals surface area contributed by atoms with Crippen molar-refractivity contribution in [3.05, 3.63) is 30.1 Å². The molecule has 0 amide bonds. The predicted molar refractivity (Wildman–Crippen MR) is 74.0 cm³/mol. The normalized spacial score (nSPS) is 14.2. The molecule has 0 heterocycles. The Morgan fingerprint density at radius 1 is 1.47 bits per heavy atom. The van der Waals surface area contributed by atoms with Gasteiger partial charge in [0.25, 0.3) is 0 Å². The number of para-hydroxylation sites is 1. The number of nitrogens with one attached hydrogen (secondary N) is 1. The van der Waals surface area contributed by atoms with Crippen LogP contribution in [0, 0.1) is 5.82 Å². The smallest absolute Gasteiger partial charge is 0.325 e. The quantitative estimate of drug-likeness (QED) is 0.829. The molecule has 1 unspecified atom stereocenters. The van der Waals surface area contributed by atoms with Crippen molar-refractivity contribution >= 4 is 11.7 Å². The molecule has 0 aliphatic heterocycles. The summed E-state index contributed by atoms with van der Waals surface area (Å²) >= 11 is 0. The maximum atomic E-state index is 13.7. The van der Waals surface area contributed by atoms with Gasteiger partial charge in [0.1, 0.15) is 11.4 Å². The summed E-state index contributed by atoms with van der Waals surface area (Å²) in [6, 6.07) is 6.35. The number of hydrogen-bond acceptors (Lipinski definition) is 3. The number of halogens is 1. The van der Waals surface area contributed by atoms with Gasteiger partial charge in [-0.3, -0.25) is 10.1 Å². The van der Waals surface area contributed by atoms with Crippen molar-refractivity contribution in [3.63, 3.8) is 0 Å². The van der Waals surface area contributed by atoms with Gasteiger partial charge in [0.05, 0.1) is 5.69 Å². The van der Waals surface area contributed by atoms with E-state index in [1.165, 1.54) is 6.07 Å². The number of rotatable bonds is 6. The maximum Gasteiger partial charge on any atom is 0.325 e. The van der Waals surface area contributed by atoms with Crippen molar-refractivity contribution in [2.45, 2.75) is 32.4 Å². The number of carboxylic acids is 1. The second-order valence-corrected chi connectivity index (χ2v) is 5.24. The first kappa shape index (κ1) is 15.4. The van der Waals surface area contributed by atoms with Gasteiger partial charge in [0, 0.05) is 19.6 Å². The lowest BCUT2D eigenvalue weighted by Gasteiger charge is -2.33. The van der Waals surface area contributed by atoms with Crippen LogP contribution in [0.4, 0.5) is 10.1 Å². The van der Waals surface area contributed by atoms with Crippen LogP contribution < -0.4 is 10.2 Å². The first-order chi connectivity index (χ1) is 8.76. The monoisotopic (exact) mass is 268 g/mol. The van der Waals surface area contributed by atoms with Crippen LogP contribution in [0.1, 0.15) is 20.8 Å². The van der Waals surface area contributed by atoms with E-state index in [-0.39, 0.29) is 18.4 Å². The van der Waals surface area contributed by atoms with Gasteiger partial charge in [-0.05, 0) is 32.9 Å². The van der Waals surface area contributed by atoms with Gasteiger partial charge in [-0.2, -0.15) is 0 Å². The van der Waals surface area contributed by atoms with Gasteiger partial charge in [-0.1, -0.05) is 12.1 Å². The van der Waals surface area contributed by atoms with Crippen LogP contribution in [-0.2, 0) is 4.79 Å². The molecular weight excluding hydrogens is 247 g/mol. The van der Waals surface area contributed by atoms with Crippen LogP contribution in [0.3, 0.4) is 0 Å². The zero-order valence-corrected chi connectivity index (χ0v) is 11.8. The molecule has 106 valence electrons. The number of benzene rings is 1. The third-order valence-electron chi connectivity index (χ3n) is 2.90. The van der Waals surface area contributed by atoms with Crippen molar-refractivity contribution in [3.8, 4) is 0 Å². The summed E-state index contributed by atoms with van der Waals surface area (Å²) in [7, 11) is 1.68. The minimum atomic E-state index is -1.13. The van der Waals surface area contributed by atoms with Crippen LogP contribution in [0.5, 0.6) is 0 Å². The zero-order valence-electron chi connectivity index (χ0n) is 11.8. The number of likely N-dealkylation sites (N-methyl/N-ethyl adjacent to an activating group) is 1. The van der Waals surface area contributed by atoms with Crippen LogP contribution in [0.15, 0.2) is 24.3 Å². The summed E-state index contributed by atoms with van der Waals surface area (Å²) in [5, 5.41) is 12.4. The van der Waals surface area contributed by atoms with E-state index >= 15 is 0 Å². The fourth-order valence-corrected chi connectivity index (χ4v) is 2.13. The van der Waals surface area contributed by atoms with E-state index in [9.17, 15) is 14.3 Å². The first-order valence-corrected chi connectivity index (χ1v) is 6.23. The molecule has 0 aliphatic rings. The van der Waals surface area contributed by atoms with E-state index in [4.69, 9.17) is 0 Å². The molecule has 1 aromatic carbocycles. The fraction of sp³-hybridized carbons (Fsp3) is 0.500. The highest BCUT2D eigenvalue weighted by Crippen LogP contribution is 2.19. The van der Waals surface area contributed by atoms with E-state index < -0.39 is 11.5 Å². The second-order valence-electron chi connectivity index (χ2n) is 5.24. The summed E-state index contributed by atoms with van der Waals surface area (Å²) in [4.78, 5) is 13.0. The third-order valence-corrected chi connectivity index (χ3v) is 2.90. The molecule has 0 bridgehead atoms. The molecule has 0 saturated carbocycles. The fourth-order valence-electron chi connectivity index (χ4n) is 2.13. The molecule has 4 nitrogen and oxygen atoms in total. The molecule has 0 aromatic heterocycles. The summed E-state index contributed by atoms with van der Waals surface area (Å²) < 4.78 is 13.7. The molecule has 1 aromatic rings. The Morgan fingerprint density at radius 2 is 2.05 bits per heavy atom. The van der Waals surface area contributed by atoms with Crippen LogP contribution >= 0.6 is 0 Å². The minimum absolute atomic E-state index is 0.0233. The van der Waals surface area contributed by atoms with E-state index in [1.807, 2.05) is 13.8 Å². The maximum absolute atomic E-state index is 13.7. The van der Waals surface area contributed by atoms with Gasteiger partial charge in [-0.15, -0.1) is 0 Å². The predicted octanol–water partition coefficient (Wildman–Crippen LogP) is 2.10. The lowest BCUT2D eigenvalue weighted by molar-refractivity contribution is -0.144. The largest absolute Gasteiger partial charge is 0.480 e. The Balaban J connectivity index is 2.91. The molecule has 0 saturated heterocycles. The van der Waals surface area contributed by atoms with Crippen molar-refractivity contribution in [1.29, 1.82) is 0 Å². The summed E-state index contributed by atoms with van der Waals surface area (Å²) in [6.45, 7) is 5.53. The standard InChI is InChI=1S/C14H21FN2O2/c1-10(2)16-14(3,13(18)19)9-17(4)12-8-6-5-7-11(12)15/h5-8,10,16H,9H2,1-4H3,(H,18,19). The Labute approximate surface area is 113 Å². The van der Waals surface area contributed by atoms with Crippen LogP contribution in [-0.4, -0.2) is 36.2 Å². The number of hydrogen-bond donors (Lipinski definition) is 2. The average Bonchev–Trinajstić information content (AvgIpc) is 2.27. The Morgan fingerprint density at radius 3 is 2.53 bits per heavy atom. The number of carboxylic acid groups (broad SMARTS) is 1. The van der Waals surface area contributed by atoms with Gasteiger partial charge in [-0.25, -0.2) is 4.39 Å². The van der Waals surface area contributed by atoms with Crippen LogP contribution in [0.2, 0.25) is 0 Å². The molecule has 1 atom stereocenters. The Hall–Kier alpha value is -1.62. The number of carbonyl (C=O) groups is 1. The lowest BCUT2D eigenvalue weighted by Crippen LogP contribution is -2.58. The van der Waals surface area contributed by atoms with E-state index in [0.29, 0.717) is 5.69 Å². The molecule has 0 aliphatic carbocycles. The number of anilines is 1. The Bertz CT molecular complexity index is 451. The molecule has 0 fully saturated rings. The molecular formula is C14H21FN2O2. The van der Waals surface area contributed by atoms with Gasteiger partial charge in [0.2, 0.25) is 0 Å². The van der Waals surface area contributed by atoms with Gasteiger partial charge in [0.15, 0.2) is 0 Å². The highest BCUT2D eigenvalue weighted by molar-refractivity contribution is 5.79. The summed E-state index contributed by atoms with van der Waals surface area (Å²) in [5.74, 6) is -1.31. The lowest BCUT2D eigenvalue weighted by atomic mass is 10.0. The zero-order chi connectivity index (χ0) is 14.6. The van der Waals surface area contributed by atoms with Gasteiger partial charge < -0.3 is 10.0 Å². The van der Waals surface area contributed by atoms with Gasteiger partial charge >= 0.3 is 5.97 Å². The highest BCUT2D eigenvalue weighted by Gasteiger charge is 2.35. The summed E-state index contributed by atoms with van der Waals surface area (Å²) in [5.41, 5.74) is -0.744. The van der Waals surface area contributed by atoms with Crippen LogP contribution in [0.25, 0.3) is 0 Å². The molecule has 1 rings (SSSR count). The molecule has 5 heteroatoms. The van der Waals surface area contributed by atoms with E-state index in [1.54, 1.807) is 37.1 Å². The molecule has 2 N–H and O–H groups in total. The number of aliphatic carboxylic acids is 1. The highest BCUT2D eigenvalue weighted by atomic mass is 19.1. The molecule has 0 radical (unpaired) electrons. The van der Waals surface area contributed by atoms with E-state index in [0.717, 1.165) is 0 Å². The average molecular weight is 268 g/mol. The first-order valence-electron chi connectivity index (χ1n) is 6.23. The van der Waals surface area contributed by atoms with Crippen molar-refractivity contribution in [2.24, 2.45) is 0 Å². The van der Waals surface area contributed by atoms with Crippen molar-refractivity contribution in [2.75, 3.05) is 18.5 Å². The Kier molecular flexibility index (Phi) is 4.89. The molecule has 0 spiro atoms. The third kappa shape index (κ3) is 3.92. The van der Waals surface area contributed by atoms with Crippen molar-refractivity contribution in [1.82, 2.24) is 5.32 Å². The SMILES string of the molecule is CC(C)NC(C)(CN(C)c1ccccc1F)C(=O)O. The number of nitrogens with zero attached hydrogens (tertiary/aromatic N) is 1. The topological polar surface area (TPSA) is 52.6 Å². The van der Waals surface area contributed by atoms with E-state index in [2.05, 4.69) is 5.32 Å². The minimum Gasteiger partial charge on any atom is -0.480 e. The van der Waals surface area contributed by atoms with Crippen molar-refractivity contribution < 1.29 is 14.3 Å². The second kappa shape index (κ2) is 6.02. The molecule has 19 heavy (non-hydrogen) atoms.